The molecule has 246 valence electrons. The van der Waals surface area contributed by atoms with Gasteiger partial charge in [0.2, 0.25) is 0 Å². The zero-order valence-electron chi connectivity index (χ0n) is 28.2. The number of hydrogen-bond acceptors (Lipinski definition) is 4. The highest BCUT2D eigenvalue weighted by Gasteiger charge is 2.33. The fraction of sp³-hybridized carbons (Fsp3) is 0.429. The van der Waals surface area contributed by atoms with E-state index in [1.807, 2.05) is 42.5 Å². The summed E-state index contributed by atoms with van der Waals surface area (Å²) >= 11 is 0. The maximum atomic E-state index is 11.9. The summed E-state index contributed by atoms with van der Waals surface area (Å²) in [6, 6.07) is 35.0. The third-order valence-corrected chi connectivity index (χ3v) is 8.51. The predicted molar refractivity (Wildman–Crippen MR) is 189 cm³/mol. The van der Waals surface area contributed by atoms with E-state index in [1.165, 1.54) is 0 Å². The Morgan fingerprint density at radius 2 is 0.804 bits per heavy atom. The second-order valence-electron chi connectivity index (χ2n) is 12.1. The molecule has 3 unspecified atom stereocenters. The second kappa shape index (κ2) is 19.9. The van der Waals surface area contributed by atoms with E-state index < -0.39 is 12.2 Å². The Balaban J connectivity index is 1.97. The van der Waals surface area contributed by atoms with Gasteiger partial charge in [0.15, 0.2) is 0 Å². The Hall–Kier alpha value is -3.44. The lowest BCUT2D eigenvalue weighted by atomic mass is 9.84. The van der Waals surface area contributed by atoms with Crippen molar-refractivity contribution in [2.45, 2.75) is 96.9 Å². The first kappa shape index (κ1) is 35.4. The molecule has 0 bridgehead atoms. The van der Waals surface area contributed by atoms with Gasteiger partial charge in [0.1, 0.15) is 24.1 Å². The first-order valence-corrected chi connectivity index (χ1v) is 17.5. The maximum Gasteiger partial charge on any atom is 0.122 e. The van der Waals surface area contributed by atoms with Crippen molar-refractivity contribution in [1.29, 1.82) is 0 Å². The van der Waals surface area contributed by atoms with Crippen molar-refractivity contribution in [3.63, 3.8) is 0 Å². The summed E-state index contributed by atoms with van der Waals surface area (Å²) in [7, 11) is 0. The zero-order chi connectivity index (χ0) is 32.4. The van der Waals surface area contributed by atoms with Crippen LogP contribution in [-0.4, -0.2) is 24.9 Å². The number of aromatic hydroxyl groups is 1. The molecule has 4 rings (SSSR count). The van der Waals surface area contributed by atoms with Crippen LogP contribution in [0.1, 0.15) is 130 Å². The molecule has 3 atom stereocenters. The lowest BCUT2D eigenvalue weighted by molar-refractivity contribution is 0.0524. The van der Waals surface area contributed by atoms with Crippen LogP contribution in [0.25, 0.3) is 0 Å². The average Bonchev–Trinajstić information content (AvgIpc) is 3.10. The molecule has 0 aliphatic heterocycles. The van der Waals surface area contributed by atoms with Crippen LogP contribution in [0.3, 0.4) is 0 Å². The molecule has 0 radical (unpaired) electrons. The van der Waals surface area contributed by atoms with Gasteiger partial charge in [-0.15, -0.1) is 0 Å². The normalized spacial score (nSPS) is 13.4. The van der Waals surface area contributed by atoms with Crippen molar-refractivity contribution >= 4 is 0 Å². The number of phenols is 1. The molecule has 1 N–H and O–H groups in total. The van der Waals surface area contributed by atoms with Gasteiger partial charge in [-0.1, -0.05) is 156 Å². The number of hydrogen-bond donors (Lipinski definition) is 1. The molecule has 0 fully saturated rings. The fourth-order valence-electron chi connectivity index (χ4n) is 6.04. The molecule has 4 aromatic rings. The van der Waals surface area contributed by atoms with E-state index in [0.717, 1.165) is 91.2 Å². The number of benzene rings is 4. The quantitative estimate of drug-likeness (QED) is 0.0939. The summed E-state index contributed by atoms with van der Waals surface area (Å²) in [5.41, 5.74) is 5.81. The SMILES string of the molecule is CCCCCOC(c1ccccc1)c1ccc(O)c(C(OCCCCC)c2ccccc2)c1C(OCCCCC)c1ccccc1. The molecular formula is C42H54O4. The van der Waals surface area contributed by atoms with Crippen LogP contribution in [0, 0.1) is 0 Å². The molecule has 0 spiro atoms. The Morgan fingerprint density at radius 3 is 1.22 bits per heavy atom. The molecule has 0 aromatic heterocycles. The van der Waals surface area contributed by atoms with E-state index in [2.05, 4.69) is 81.4 Å². The van der Waals surface area contributed by atoms with Crippen molar-refractivity contribution in [3.05, 3.63) is 137 Å². The molecule has 0 saturated carbocycles. The van der Waals surface area contributed by atoms with Gasteiger partial charge < -0.3 is 19.3 Å². The predicted octanol–water partition coefficient (Wildman–Crippen LogP) is 11.3. The van der Waals surface area contributed by atoms with E-state index in [0.29, 0.717) is 19.8 Å². The van der Waals surface area contributed by atoms with Crippen molar-refractivity contribution in [3.8, 4) is 5.75 Å². The third-order valence-electron chi connectivity index (χ3n) is 8.51. The summed E-state index contributed by atoms with van der Waals surface area (Å²) in [5.74, 6) is 0.207. The van der Waals surface area contributed by atoms with Crippen molar-refractivity contribution < 1.29 is 19.3 Å². The van der Waals surface area contributed by atoms with Gasteiger partial charge in [0, 0.05) is 30.9 Å². The molecule has 0 aliphatic rings. The first-order chi connectivity index (χ1) is 22.7. The summed E-state index contributed by atoms with van der Waals surface area (Å²) in [6.07, 6.45) is 8.34. The van der Waals surface area contributed by atoms with Gasteiger partial charge in [-0.3, -0.25) is 0 Å². The maximum absolute atomic E-state index is 11.9. The minimum Gasteiger partial charge on any atom is -0.508 e. The summed E-state index contributed by atoms with van der Waals surface area (Å²) in [5, 5.41) is 11.9. The molecular weight excluding hydrogens is 568 g/mol. The Morgan fingerprint density at radius 1 is 0.435 bits per heavy atom. The van der Waals surface area contributed by atoms with Crippen LogP contribution in [-0.2, 0) is 14.2 Å². The number of phenolic OH excluding ortho intramolecular Hbond substituents is 1. The summed E-state index contributed by atoms with van der Waals surface area (Å²) < 4.78 is 20.5. The molecule has 0 amide bonds. The van der Waals surface area contributed by atoms with Gasteiger partial charge >= 0.3 is 0 Å². The van der Waals surface area contributed by atoms with Crippen LogP contribution in [0.15, 0.2) is 103 Å². The van der Waals surface area contributed by atoms with Crippen LogP contribution in [0.2, 0.25) is 0 Å². The second-order valence-corrected chi connectivity index (χ2v) is 12.1. The average molecular weight is 623 g/mol. The Bertz CT molecular complexity index is 1370. The summed E-state index contributed by atoms with van der Waals surface area (Å²) in [4.78, 5) is 0. The van der Waals surface area contributed by atoms with Gasteiger partial charge in [-0.05, 0) is 47.6 Å². The third kappa shape index (κ3) is 10.0. The number of unbranched alkanes of at least 4 members (excludes halogenated alkanes) is 6. The molecule has 4 aromatic carbocycles. The van der Waals surface area contributed by atoms with Crippen molar-refractivity contribution in [2.75, 3.05) is 19.8 Å². The molecule has 0 heterocycles. The molecule has 46 heavy (non-hydrogen) atoms. The number of rotatable bonds is 21. The standard InChI is InChI=1S/C42H54O4/c1-4-7-19-30-44-40(33-22-13-10-14-23-33)36-28-29-37(43)39(42(46-32-21-9-6-3)35-26-17-12-18-27-35)38(36)41(45-31-20-8-5-2)34-24-15-11-16-25-34/h10-18,22-29,40-43H,4-9,19-21,30-32H2,1-3H3. The molecule has 4 heteroatoms. The van der Waals surface area contributed by atoms with E-state index in [-0.39, 0.29) is 11.9 Å². The zero-order valence-corrected chi connectivity index (χ0v) is 28.2. The van der Waals surface area contributed by atoms with Gasteiger partial charge in [-0.25, -0.2) is 0 Å². The van der Waals surface area contributed by atoms with E-state index >= 15 is 0 Å². The highest BCUT2D eigenvalue weighted by Crippen LogP contribution is 2.46. The summed E-state index contributed by atoms with van der Waals surface area (Å²) in [6.45, 7) is 8.48. The highest BCUT2D eigenvalue weighted by atomic mass is 16.5. The van der Waals surface area contributed by atoms with Crippen LogP contribution < -0.4 is 0 Å². The van der Waals surface area contributed by atoms with Crippen LogP contribution >= 0.6 is 0 Å². The highest BCUT2D eigenvalue weighted by molar-refractivity contribution is 5.54. The van der Waals surface area contributed by atoms with Gasteiger partial charge in [0.25, 0.3) is 0 Å². The van der Waals surface area contributed by atoms with Crippen LogP contribution in [0.4, 0.5) is 0 Å². The van der Waals surface area contributed by atoms with Crippen molar-refractivity contribution in [2.24, 2.45) is 0 Å². The minimum absolute atomic E-state index is 0.207. The van der Waals surface area contributed by atoms with Gasteiger partial charge in [-0.2, -0.15) is 0 Å². The lowest BCUT2D eigenvalue weighted by Crippen LogP contribution is -2.20. The molecule has 4 nitrogen and oxygen atoms in total. The van der Waals surface area contributed by atoms with Crippen molar-refractivity contribution in [1.82, 2.24) is 0 Å². The fourth-order valence-corrected chi connectivity index (χ4v) is 6.04. The molecule has 0 saturated heterocycles. The Kier molecular flexibility index (Phi) is 15.3. The monoisotopic (exact) mass is 622 g/mol. The molecule has 0 aliphatic carbocycles. The largest absolute Gasteiger partial charge is 0.508 e. The minimum atomic E-state index is -0.477. The first-order valence-electron chi connectivity index (χ1n) is 17.5. The van der Waals surface area contributed by atoms with Crippen LogP contribution in [0.5, 0.6) is 5.75 Å². The van der Waals surface area contributed by atoms with Gasteiger partial charge in [0.05, 0.1) is 0 Å². The topological polar surface area (TPSA) is 47.9 Å². The Labute approximate surface area is 277 Å². The van der Waals surface area contributed by atoms with E-state index in [4.69, 9.17) is 14.2 Å². The van der Waals surface area contributed by atoms with E-state index in [1.54, 1.807) is 0 Å². The number of ether oxygens (including phenoxy) is 3. The van der Waals surface area contributed by atoms with E-state index in [9.17, 15) is 5.11 Å². The smallest absolute Gasteiger partial charge is 0.122 e. The lowest BCUT2D eigenvalue weighted by Gasteiger charge is -2.32.